The van der Waals surface area contributed by atoms with Gasteiger partial charge in [-0.2, -0.15) is 0 Å². The maximum atomic E-state index is 13.3. The summed E-state index contributed by atoms with van der Waals surface area (Å²) in [7, 11) is 2.89. The average Bonchev–Trinajstić information content (AvgIpc) is 3.02. The van der Waals surface area contributed by atoms with E-state index in [-0.39, 0.29) is 36.0 Å². The standard InChI is InChI=1S/C17H18FN5O3/c1-10-6-11(4-5-12(10)18)7-19-13(24)8-23-9-20-15-14(23)16(25)22(3)17(26)21(15)2/h4-6,9H,7-8H2,1-3H3,(H,19,24). The Kier molecular flexibility index (Phi) is 4.45. The molecular formula is C17H18FN5O3. The largest absolute Gasteiger partial charge is 0.350 e. The van der Waals surface area contributed by atoms with Gasteiger partial charge in [0, 0.05) is 20.6 Å². The molecule has 26 heavy (non-hydrogen) atoms. The summed E-state index contributed by atoms with van der Waals surface area (Å²) in [5.74, 6) is -0.631. The molecule has 1 N–H and O–H groups in total. The molecule has 0 saturated heterocycles. The predicted molar refractivity (Wildman–Crippen MR) is 93.2 cm³/mol. The molecule has 0 radical (unpaired) electrons. The topological polar surface area (TPSA) is 90.9 Å². The molecule has 2 heterocycles. The lowest BCUT2D eigenvalue weighted by molar-refractivity contribution is -0.121. The summed E-state index contributed by atoms with van der Waals surface area (Å²) in [6.07, 6.45) is 1.35. The van der Waals surface area contributed by atoms with Crippen LogP contribution < -0.4 is 16.6 Å². The number of hydrogen-bond acceptors (Lipinski definition) is 4. The van der Waals surface area contributed by atoms with Crippen molar-refractivity contribution in [3.8, 4) is 0 Å². The summed E-state index contributed by atoms with van der Waals surface area (Å²) < 4.78 is 16.9. The number of carbonyl (C=O) groups is 1. The fourth-order valence-electron chi connectivity index (χ4n) is 2.74. The second-order valence-corrected chi connectivity index (χ2v) is 6.11. The summed E-state index contributed by atoms with van der Waals surface area (Å²) in [4.78, 5) is 40.5. The molecule has 1 aromatic carbocycles. The average molecular weight is 359 g/mol. The van der Waals surface area contributed by atoms with Crippen LogP contribution in [0.3, 0.4) is 0 Å². The van der Waals surface area contributed by atoms with Crippen LogP contribution in [0.5, 0.6) is 0 Å². The lowest BCUT2D eigenvalue weighted by Gasteiger charge is -2.08. The predicted octanol–water partition coefficient (Wildman–Crippen LogP) is 0.198. The highest BCUT2D eigenvalue weighted by molar-refractivity contribution is 5.78. The Balaban J connectivity index is 1.81. The Bertz CT molecular complexity index is 1130. The number of rotatable bonds is 4. The quantitative estimate of drug-likeness (QED) is 0.720. The zero-order valence-corrected chi connectivity index (χ0v) is 14.6. The molecular weight excluding hydrogens is 341 g/mol. The molecule has 0 saturated carbocycles. The molecule has 1 amide bonds. The summed E-state index contributed by atoms with van der Waals surface area (Å²) in [6.45, 7) is 1.77. The van der Waals surface area contributed by atoms with E-state index in [0.29, 0.717) is 5.56 Å². The van der Waals surface area contributed by atoms with Gasteiger partial charge in [0.05, 0.1) is 6.33 Å². The third-order valence-electron chi connectivity index (χ3n) is 4.24. The number of halogens is 1. The van der Waals surface area contributed by atoms with E-state index >= 15 is 0 Å². The first-order chi connectivity index (χ1) is 12.3. The minimum Gasteiger partial charge on any atom is -0.350 e. The molecule has 0 atom stereocenters. The number of fused-ring (bicyclic) bond motifs is 1. The number of carbonyl (C=O) groups excluding carboxylic acids is 1. The van der Waals surface area contributed by atoms with E-state index in [2.05, 4.69) is 10.3 Å². The summed E-state index contributed by atoms with van der Waals surface area (Å²) in [6, 6.07) is 4.61. The maximum Gasteiger partial charge on any atom is 0.332 e. The number of imidazole rings is 1. The van der Waals surface area contributed by atoms with E-state index in [0.717, 1.165) is 10.1 Å². The van der Waals surface area contributed by atoms with Gasteiger partial charge in [-0.25, -0.2) is 14.2 Å². The maximum absolute atomic E-state index is 13.3. The van der Waals surface area contributed by atoms with Gasteiger partial charge in [0.2, 0.25) is 5.91 Å². The van der Waals surface area contributed by atoms with Crippen molar-refractivity contribution in [2.45, 2.75) is 20.0 Å². The van der Waals surface area contributed by atoms with Crippen LogP contribution in [0.2, 0.25) is 0 Å². The Morgan fingerprint density at radius 3 is 2.65 bits per heavy atom. The van der Waals surface area contributed by atoms with Crippen molar-refractivity contribution < 1.29 is 9.18 Å². The number of amides is 1. The molecule has 0 spiro atoms. The fourth-order valence-corrected chi connectivity index (χ4v) is 2.74. The number of nitrogens with one attached hydrogen (secondary N) is 1. The molecule has 136 valence electrons. The number of aromatic nitrogens is 4. The Labute approximate surface area is 147 Å². The minimum absolute atomic E-state index is 0.121. The van der Waals surface area contributed by atoms with Crippen molar-refractivity contribution >= 4 is 17.1 Å². The van der Waals surface area contributed by atoms with Crippen LogP contribution in [0.15, 0.2) is 34.1 Å². The minimum atomic E-state index is -0.512. The smallest absolute Gasteiger partial charge is 0.332 e. The third kappa shape index (κ3) is 3.03. The SMILES string of the molecule is Cc1cc(CNC(=O)Cn2cnc3c2c(=O)n(C)c(=O)n3C)ccc1F. The lowest BCUT2D eigenvalue weighted by atomic mass is 10.1. The summed E-state index contributed by atoms with van der Waals surface area (Å²) >= 11 is 0. The highest BCUT2D eigenvalue weighted by Gasteiger charge is 2.15. The van der Waals surface area contributed by atoms with E-state index < -0.39 is 11.2 Å². The van der Waals surface area contributed by atoms with E-state index in [4.69, 9.17) is 0 Å². The van der Waals surface area contributed by atoms with E-state index in [1.807, 2.05) is 0 Å². The molecule has 0 unspecified atom stereocenters. The molecule has 0 fully saturated rings. The van der Waals surface area contributed by atoms with E-state index in [1.54, 1.807) is 19.1 Å². The Hall–Kier alpha value is -3.23. The zero-order chi connectivity index (χ0) is 19.0. The van der Waals surface area contributed by atoms with E-state index in [9.17, 15) is 18.8 Å². The normalized spacial score (nSPS) is 11.1. The number of benzene rings is 1. The summed E-state index contributed by atoms with van der Waals surface area (Å²) in [5, 5.41) is 2.72. The zero-order valence-electron chi connectivity index (χ0n) is 14.6. The molecule has 0 aliphatic heterocycles. The van der Waals surface area contributed by atoms with Crippen molar-refractivity contribution in [3.05, 3.63) is 62.3 Å². The number of aryl methyl sites for hydroxylation is 2. The first-order valence-electron chi connectivity index (χ1n) is 7.92. The second-order valence-electron chi connectivity index (χ2n) is 6.11. The van der Waals surface area contributed by atoms with Crippen molar-refractivity contribution in [2.24, 2.45) is 14.1 Å². The van der Waals surface area contributed by atoms with Crippen LogP contribution in [-0.4, -0.2) is 24.6 Å². The van der Waals surface area contributed by atoms with Crippen LogP contribution in [0.1, 0.15) is 11.1 Å². The van der Waals surface area contributed by atoms with Gasteiger partial charge in [-0.3, -0.25) is 18.7 Å². The van der Waals surface area contributed by atoms with Gasteiger partial charge in [0.1, 0.15) is 12.4 Å². The van der Waals surface area contributed by atoms with E-state index in [1.165, 1.54) is 35.6 Å². The molecule has 8 nitrogen and oxygen atoms in total. The molecule has 2 aromatic heterocycles. The van der Waals surface area contributed by atoms with Gasteiger partial charge in [-0.05, 0) is 24.1 Å². The van der Waals surface area contributed by atoms with Gasteiger partial charge in [0.25, 0.3) is 5.56 Å². The molecule has 0 aliphatic rings. The van der Waals surface area contributed by atoms with Crippen molar-refractivity contribution in [3.63, 3.8) is 0 Å². The number of nitrogens with zero attached hydrogens (tertiary/aromatic N) is 4. The van der Waals surface area contributed by atoms with Crippen LogP contribution in [-0.2, 0) is 32.0 Å². The van der Waals surface area contributed by atoms with Crippen molar-refractivity contribution in [2.75, 3.05) is 0 Å². The van der Waals surface area contributed by atoms with Gasteiger partial charge >= 0.3 is 5.69 Å². The molecule has 3 rings (SSSR count). The molecule has 0 bridgehead atoms. The summed E-state index contributed by atoms with van der Waals surface area (Å²) in [5.41, 5.74) is 0.682. The number of hydrogen-bond donors (Lipinski definition) is 1. The molecule has 3 aromatic rings. The van der Waals surface area contributed by atoms with Gasteiger partial charge in [0.15, 0.2) is 11.2 Å². The van der Waals surface area contributed by atoms with Crippen molar-refractivity contribution in [1.29, 1.82) is 0 Å². The second kappa shape index (κ2) is 6.58. The van der Waals surface area contributed by atoms with Gasteiger partial charge < -0.3 is 9.88 Å². The van der Waals surface area contributed by atoms with Crippen LogP contribution in [0.25, 0.3) is 11.2 Å². The Morgan fingerprint density at radius 1 is 1.23 bits per heavy atom. The molecule has 9 heteroatoms. The van der Waals surface area contributed by atoms with Crippen LogP contribution >= 0.6 is 0 Å². The first kappa shape index (κ1) is 17.6. The van der Waals surface area contributed by atoms with Crippen LogP contribution in [0.4, 0.5) is 4.39 Å². The highest BCUT2D eigenvalue weighted by Crippen LogP contribution is 2.09. The van der Waals surface area contributed by atoms with Crippen molar-refractivity contribution in [1.82, 2.24) is 24.0 Å². The highest BCUT2D eigenvalue weighted by atomic mass is 19.1. The lowest BCUT2D eigenvalue weighted by Crippen LogP contribution is -2.38. The van der Waals surface area contributed by atoms with Gasteiger partial charge in [-0.15, -0.1) is 0 Å². The fraction of sp³-hybridized carbons (Fsp3) is 0.294. The van der Waals surface area contributed by atoms with Crippen LogP contribution in [0, 0.1) is 12.7 Å². The Morgan fingerprint density at radius 2 is 1.96 bits per heavy atom. The third-order valence-corrected chi connectivity index (χ3v) is 4.24. The first-order valence-corrected chi connectivity index (χ1v) is 7.92. The van der Waals surface area contributed by atoms with Gasteiger partial charge in [-0.1, -0.05) is 12.1 Å². The monoisotopic (exact) mass is 359 g/mol. The molecule has 0 aliphatic carbocycles.